The Morgan fingerprint density at radius 3 is 2.42 bits per heavy atom. The standard InChI is InChI=1S/C18H25N3O2S/c1-14-4-6-15(7-5-14)13-21-10-8-18(2,9-11-21)17-16(12-19-20-17)24(3,22)23/h4-7,12H,8-11,13H2,1-3H3,(H,19,20). The van der Waals surface area contributed by atoms with Gasteiger partial charge in [0.25, 0.3) is 0 Å². The predicted molar refractivity (Wildman–Crippen MR) is 94.7 cm³/mol. The molecule has 0 unspecified atom stereocenters. The molecule has 2 aromatic rings. The molecule has 1 N–H and O–H groups in total. The molecule has 130 valence electrons. The second-order valence-electron chi connectivity index (χ2n) is 7.20. The highest BCUT2D eigenvalue weighted by Gasteiger charge is 2.36. The highest BCUT2D eigenvalue weighted by atomic mass is 32.2. The van der Waals surface area contributed by atoms with Gasteiger partial charge in [-0.3, -0.25) is 10.00 Å². The van der Waals surface area contributed by atoms with Gasteiger partial charge < -0.3 is 0 Å². The maximum Gasteiger partial charge on any atom is 0.178 e. The summed E-state index contributed by atoms with van der Waals surface area (Å²) in [5.74, 6) is 0. The zero-order valence-corrected chi connectivity index (χ0v) is 15.4. The molecule has 1 fully saturated rings. The maximum absolute atomic E-state index is 12.0. The molecule has 1 saturated heterocycles. The van der Waals surface area contributed by atoms with Gasteiger partial charge in [-0.1, -0.05) is 36.8 Å². The highest BCUT2D eigenvalue weighted by molar-refractivity contribution is 7.90. The lowest BCUT2D eigenvalue weighted by Gasteiger charge is -2.39. The van der Waals surface area contributed by atoms with Crippen LogP contribution < -0.4 is 0 Å². The zero-order valence-electron chi connectivity index (χ0n) is 14.5. The summed E-state index contributed by atoms with van der Waals surface area (Å²) in [7, 11) is -3.25. The monoisotopic (exact) mass is 347 g/mol. The van der Waals surface area contributed by atoms with Gasteiger partial charge in [0.2, 0.25) is 0 Å². The predicted octanol–water partition coefficient (Wildman–Crippen LogP) is 2.68. The van der Waals surface area contributed by atoms with Crippen molar-refractivity contribution in [3.05, 3.63) is 47.3 Å². The second-order valence-corrected chi connectivity index (χ2v) is 9.19. The van der Waals surface area contributed by atoms with Crippen LogP contribution in [0.15, 0.2) is 35.4 Å². The summed E-state index contributed by atoms with van der Waals surface area (Å²) in [6.07, 6.45) is 4.53. The summed E-state index contributed by atoms with van der Waals surface area (Å²) < 4.78 is 23.9. The number of nitrogens with one attached hydrogen (secondary N) is 1. The molecule has 1 aliphatic rings. The topological polar surface area (TPSA) is 66.1 Å². The van der Waals surface area contributed by atoms with Gasteiger partial charge in [-0.15, -0.1) is 0 Å². The molecule has 3 rings (SSSR count). The lowest BCUT2D eigenvalue weighted by Crippen LogP contribution is -2.41. The normalized spacial score (nSPS) is 18.6. The third kappa shape index (κ3) is 3.54. The van der Waals surface area contributed by atoms with Gasteiger partial charge in [0.15, 0.2) is 9.84 Å². The Hall–Kier alpha value is -1.66. The summed E-state index contributed by atoms with van der Waals surface area (Å²) in [5.41, 5.74) is 3.19. The average molecular weight is 347 g/mol. The largest absolute Gasteiger partial charge is 0.299 e. The number of hydrogen-bond acceptors (Lipinski definition) is 4. The first-order chi connectivity index (χ1) is 11.3. The Bertz CT molecular complexity index is 801. The summed E-state index contributed by atoms with van der Waals surface area (Å²) in [6.45, 7) is 7.08. The van der Waals surface area contributed by atoms with Crippen LogP contribution in [0.1, 0.15) is 36.6 Å². The molecule has 0 amide bonds. The van der Waals surface area contributed by atoms with Gasteiger partial charge in [-0.25, -0.2) is 8.42 Å². The summed E-state index contributed by atoms with van der Waals surface area (Å²) in [4.78, 5) is 2.78. The number of aryl methyl sites for hydroxylation is 1. The molecule has 1 aromatic heterocycles. The number of rotatable bonds is 4. The number of likely N-dealkylation sites (tertiary alicyclic amines) is 1. The van der Waals surface area contributed by atoms with E-state index >= 15 is 0 Å². The number of H-pyrrole nitrogens is 1. The number of aromatic nitrogens is 2. The zero-order chi connectivity index (χ0) is 17.4. The quantitative estimate of drug-likeness (QED) is 0.923. The van der Waals surface area contributed by atoms with E-state index in [2.05, 4.69) is 53.2 Å². The number of aromatic amines is 1. The van der Waals surface area contributed by atoms with Crippen LogP contribution >= 0.6 is 0 Å². The molecular formula is C18H25N3O2S. The van der Waals surface area contributed by atoms with Crippen molar-refractivity contribution in [2.75, 3.05) is 19.3 Å². The van der Waals surface area contributed by atoms with Crippen LogP contribution in [0.25, 0.3) is 0 Å². The van der Waals surface area contributed by atoms with E-state index in [1.807, 2.05) is 0 Å². The number of nitrogens with zero attached hydrogens (tertiary/aromatic N) is 2. The smallest absolute Gasteiger partial charge is 0.178 e. The first-order valence-corrected chi connectivity index (χ1v) is 10.2. The van der Waals surface area contributed by atoms with Crippen molar-refractivity contribution in [1.82, 2.24) is 15.1 Å². The van der Waals surface area contributed by atoms with Crippen LogP contribution in [0.4, 0.5) is 0 Å². The fourth-order valence-corrected chi connectivity index (χ4v) is 4.30. The number of benzene rings is 1. The van der Waals surface area contributed by atoms with E-state index in [1.54, 1.807) is 0 Å². The van der Waals surface area contributed by atoms with Crippen molar-refractivity contribution in [2.45, 2.75) is 43.5 Å². The minimum Gasteiger partial charge on any atom is -0.299 e. The van der Waals surface area contributed by atoms with Crippen LogP contribution in [0.5, 0.6) is 0 Å². The average Bonchev–Trinajstić information content (AvgIpc) is 3.03. The lowest BCUT2D eigenvalue weighted by atomic mass is 9.77. The first-order valence-electron chi connectivity index (χ1n) is 8.30. The Kier molecular flexibility index (Phi) is 4.53. The second kappa shape index (κ2) is 6.33. The number of hydrogen-bond donors (Lipinski definition) is 1. The highest BCUT2D eigenvalue weighted by Crippen LogP contribution is 2.37. The molecule has 0 spiro atoms. The van der Waals surface area contributed by atoms with E-state index in [1.165, 1.54) is 23.6 Å². The van der Waals surface area contributed by atoms with Gasteiger partial charge >= 0.3 is 0 Å². The van der Waals surface area contributed by atoms with Crippen molar-refractivity contribution in [2.24, 2.45) is 0 Å². The molecule has 0 saturated carbocycles. The van der Waals surface area contributed by atoms with Crippen LogP contribution in [-0.4, -0.2) is 42.9 Å². The van der Waals surface area contributed by atoms with Crippen molar-refractivity contribution >= 4 is 9.84 Å². The lowest BCUT2D eigenvalue weighted by molar-refractivity contribution is 0.158. The van der Waals surface area contributed by atoms with Gasteiger partial charge in [-0.05, 0) is 38.4 Å². The third-order valence-corrected chi connectivity index (χ3v) is 6.20. The van der Waals surface area contributed by atoms with Crippen molar-refractivity contribution in [1.29, 1.82) is 0 Å². The van der Waals surface area contributed by atoms with Gasteiger partial charge in [0.1, 0.15) is 4.90 Å². The Morgan fingerprint density at radius 2 is 1.83 bits per heavy atom. The molecule has 1 aliphatic heterocycles. The Balaban J connectivity index is 1.70. The van der Waals surface area contributed by atoms with E-state index in [4.69, 9.17) is 0 Å². The summed E-state index contributed by atoms with van der Waals surface area (Å²) >= 11 is 0. The fraction of sp³-hybridized carbons (Fsp3) is 0.500. The molecule has 6 heteroatoms. The minimum atomic E-state index is -3.25. The summed E-state index contributed by atoms with van der Waals surface area (Å²) in [6, 6.07) is 8.65. The van der Waals surface area contributed by atoms with Gasteiger partial charge in [-0.2, -0.15) is 5.10 Å². The molecule has 0 atom stereocenters. The van der Waals surface area contributed by atoms with Gasteiger partial charge in [0, 0.05) is 18.2 Å². The molecule has 1 aromatic carbocycles. The van der Waals surface area contributed by atoms with Gasteiger partial charge in [0.05, 0.1) is 11.9 Å². The fourth-order valence-electron chi connectivity index (χ4n) is 3.39. The van der Waals surface area contributed by atoms with E-state index in [0.29, 0.717) is 4.90 Å². The van der Waals surface area contributed by atoms with Crippen LogP contribution in [0.2, 0.25) is 0 Å². The summed E-state index contributed by atoms with van der Waals surface area (Å²) in [5, 5.41) is 6.93. The van der Waals surface area contributed by atoms with E-state index < -0.39 is 9.84 Å². The SMILES string of the molecule is Cc1ccc(CN2CCC(C)(c3[nH]ncc3S(C)(=O)=O)CC2)cc1. The third-order valence-electron chi connectivity index (χ3n) is 5.09. The van der Waals surface area contributed by atoms with Crippen LogP contribution in [0, 0.1) is 6.92 Å². The van der Waals surface area contributed by atoms with Crippen LogP contribution in [0.3, 0.4) is 0 Å². The molecule has 24 heavy (non-hydrogen) atoms. The molecule has 0 aliphatic carbocycles. The molecular weight excluding hydrogens is 322 g/mol. The Labute approximate surface area is 144 Å². The van der Waals surface area contributed by atoms with Crippen molar-refractivity contribution in [3.8, 4) is 0 Å². The number of sulfone groups is 1. The molecule has 5 nitrogen and oxygen atoms in total. The Morgan fingerprint density at radius 1 is 1.21 bits per heavy atom. The van der Waals surface area contributed by atoms with E-state index in [-0.39, 0.29) is 5.41 Å². The minimum absolute atomic E-state index is 0.168. The van der Waals surface area contributed by atoms with E-state index in [9.17, 15) is 8.42 Å². The molecule has 0 radical (unpaired) electrons. The van der Waals surface area contributed by atoms with Crippen molar-refractivity contribution < 1.29 is 8.42 Å². The molecule has 0 bridgehead atoms. The van der Waals surface area contributed by atoms with Crippen molar-refractivity contribution in [3.63, 3.8) is 0 Å². The van der Waals surface area contributed by atoms with Crippen LogP contribution in [-0.2, 0) is 21.8 Å². The molecule has 2 heterocycles. The first kappa shape index (κ1) is 17.2. The maximum atomic E-state index is 12.0. The number of piperidine rings is 1. The van der Waals surface area contributed by atoms with E-state index in [0.717, 1.165) is 38.2 Å².